The van der Waals surface area contributed by atoms with Gasteiger partial charge < -0.3 is 0 Å². The first kappa shape index (κ1) is 11.9. The van der Waals surface area contributed by atoms with Crippen LogP contribution in [-0.2, 0) is 14.8 Å². The van der Waals surface area contributed by atoms with Crippen LogP contribution in [0.2, 0.25) is 0 Å². The Bertz CT molecular complexity index is 563. The molecule has 1 aliphatic heterocycles. The third kappa shape index (κ3) is 2.27. The zero-order valence-corrected chi connectivity index (χ0v) is 9.65. The minimum atomic E-state index is -3.64. The SMILES string of the molecule is O=CC1=CCN(S(=O)(=O)c2ccc(F)cc2)C1. The Morgan fingerprint density at radius 1 is 1.24 bits per heavy atom. The van der Waals surface area contributed by atoms with Crippen molar-refractivity contribution in [2.24, 2.45) is 0 Å². The van der Waals surface area contributed by atoms with Gasteiger partial charge in [0.25, 0.3) is 0 Å². The van der Waals surface area contributed by atoms with Crippen LogP contribution in [0.3, 0.4) is 0 Å². The number of benzene rings is 1. The molecule has 0 atom stereocenters. The lowest BCUT2D eigenvalue weighted by molar-refractivity contribution is -0.104. The number of carbonyl (C=O) groups excluding carboxylic acids is 1. The summed E-state index contributed by atoms with van der Waals surface area (Å²) in [6.07, 6.45) is 2.20. The van der Waals surface area contributed by atoms with Crippen LogP contribution in [0.5, 0.6) is 0 Å². The van der Waals surface area contributed by atoms with E-state index >= 15 is 0 Å². The first-order valence-electron chi connectivity index (χ1n) is 4.94. The summed E-state index contributed by atoms with van der Waals surface area (Å²) >= 11 is 0. The number of rotatable bonds is 3. The molecule has 17 heavy (non-hydrogen) atoms. The van der Waals surface area contributed by atoms with Gasteiger partial charge in [-0.2, -0.15) is 4.31 Å². The van der Waals surface area contributed by atoms with E-state index in [-0.39, 0.29) is 18.0 Å². The maximum absolute atomic E-state index is 12.7. The molecule has 0 unspecified atom stereocenters. The molecule has 0 radical (unpaired) electrons. The number of nitrogens with zero attached hydrogens (tertiary/aromatic N) is 1. The summed E-state index contributed by atoms with van der Waals surface area (Å²) in [6, 6.07) is 4.61. The van der Waals surface area contributed by atoms with Crippen LogP contribution in [0.15, 0.2) is 40.8 Å². The molecule has 1 aromatic rings. The van der Waals surface area contributed by atoms with Crippen molar-refractivity contribution >= 4 is 16.3 Å². The van der Waals surface area contributed by atoms with Gasteiger partial charge in [0.05, 0.1) is 4.90 Å². The molecule has 6 heteroatoms. The summed E-state index contributed by atoms with van der Waals surface area (Å²) < 4.78 is 38.0. The molecular weight excluding hydrogens is 245 g/mol. The highest BCUT2D eigenvalue weighted by Gasteiger charge is 2.27. The van der Waals surface area contributed by atoms with E-state index in [1.165, 1.54) is 16.4 Å². The Labute approximate surface area is 98.4 Å². The zero-order valence-electron chi connectivity index (χ0n) is 8.84. The lowest BCUT2D eigenvalue weighted by atomic mass is 10.3. The van der Waals surface area contributed by atoms with Crippen LogP contribution < -0.4 is 0 Å². The number of aldehydes is 1. The molecule has 0 aliphatic carbocycles. The van der Waals surface area contributed by atoms with Gasteiger partial charge in [0.15, 0.2) is 0 Å². The van der Waals surface area contributed by atoms with Crippen LogP contribution in [0.25, 0.3) is 0 Å². The van der Waals surface area contributed by atoms with Gasteiger partial charge in [0, 0.05) is 18.7 Å². The zero-order chi connectivity index (χ0) is 12.5. The fraction of sp³-hybridized carbons (Fsp3) is 0.182. The fourth-order valence-electron chi connectivity index (χ4n) is 1.58. The van der Waals surface area contributed by atoms with Crippen molar-refractivity contribution in [1.29, 1.82) is 0 Å². The van der Waals surface area contributed by atoms with Gasteiger partial charge >= 0.3 is 0 Å². The largest absolute Gasteiger partial charge is 0.298 e. The van der Waals surface area contributed by atoms with Crippen molar-refractivity contribution in [2.45, 2.75) is 4.90 Å². The number of halogens is 1. The summed E-state index contributed by atoms with van der Waals surface area (Å²) in [6.45, 7) is 0.247. The van der Waals surface area contributed by atoms with Gasteiger partial charge in [-0.1, -0.05) is 6.08 Å². The molecule has 1 aromatic carbocycles. The normalized spacial score (nSPS) is 16.9. The van der Waals surface area contributed by atoms with Crippen molar-refractivity contribution in [2.75, 3.05) is 13.1 Å². The van der Waals surface area contributed by atoms with Crippen molar-refractivity contribution in [3.05, 3.63) is 41.7 Å². The average Bonchev–Trinajstić information content (AvgIpc) is 2.78. The van der Waals surface area contributed by atoms with E-state index in [1.807, 2.05) is 0 Å². The predicted octanol–water partition coefficient (Wildman–Crippen LogP) is 0.955. The van der Waals surface area contributed by atoms with Crippen molar-refractivity contribution < 1.29 is 17.6 Å². The lowest BCUT2D eigenvalue weighted by Gasteiger charge is -2.15. The highest BCUT2D eigenvalue weighted by molar-refractivity contribution is 7.89. The summed E-state index contributed by atoms with van der Waals surface area (Å²) in [4.78, 5) is 10.5. The Morgan fingerprint density at radius 2 is 1.88 bits per heavy atom. The molecule has 0 spiro atoms. The molecule has 0 N–H and O–H groups in total. The van der Waals surface area contributed by atoms with Gasteiger partial charge in [-0.3, -0.25) is 4.79 Å². The molecule has 0 bridgehead atoms. The van der Waals surface area contributed by atoms with E-state index < -0.39 is 15.8 Å². The van der Waals surface area contributed by atoms with Crippen LogP contribution >= 0.6 is 0 Å². The molecule has 0 saturated heterocycles. The standard InChI is InChI=1S/C11H10FNO3S/c12-10-1-3-11(4-2-10)17(15,16)13-6-5-9(7-13)8-14/h1-5,8H,6-7H2. The molecule has 0 aromatic heterocycles. The molecule has 0 fully saturated rings. The summed E-state index contributed by atoms with van der Waals surface area (Å²) in [5.41, 5.74) is 0.440. The van der Waals surface area contributed by atoms with E-state index in [2.05, 4.69) is 0 Å². The second kappa shape index (κ2) is 4.38. The Hall–Kier alpha value is -1.53. The van der Waals surface area contributed by atoms with Crippen LogP contribution in [0.1, 0.15) is 0 Å². The van der Waals surface area contributed by atoms with Gasteiger partial charge in [-0.25, -0.2) is 12.8 Å². The van der Waals surface area contributed by atoms with Gasteiger partial charge in [-0.15, -0.1) is 0 Å². The topological polar surface area (TPSA) is 54.5 Å². The highest BCUT2D eigenvalue weighted by atomic mass is 32.2. The monoisotopic (exact) mass is 255 g/mol. The molecule has 1 aliphatic rings. The van der Waals surface area contributed by atoms with E-state index in [0.717, 1.165) is 12.1 Å². The molecule has 0 amide bonds. The minimum Gasteiger partial charge on any atom is -0.298 e. The Morgan fingerprint density at radius 3 is 2.41 bits per heavy atom. The second-order valence-corrected chi connectivity index (χ2v) is 5.59. The Kier molecular flexibility index (Phi) is 3.08. The lowest BCUT2D eigenvalue weighted by Crippen LogP contribution is -2.29. The van der Waals surface area contributed by atoms with Crippen LogP contribution in [-0.4, -0.2) is 32.1 Å². The first-order valence-corrected chi connectivity index (χ1v) is 6.38. The third-order valence-electron chi connectivity index (χ3n) is 2.52. The van der Waals surface area contributed by atoms with Crippen LogP contribution in [0.4, 0.5) is 4.39 Å². The molecule has 90 valence electrons. The highest BCUT2D eigenvalue weighted by Crippen LogP contribution is 2.20. The Balaban J connectivity index is 2.26. The number of sulfonamides is 1. The van der Waals surface area contributed by atoms with Crippen molar-refractivity contribution in [3.63, 3.8) is 0 Å². The maximum atomic E-state index is 12.7. The molecular formula is C11H10FNO3S. The molecule has 4 nitrogen and oxygen atoms in total. The number of carbonyl (C=O) groups is 1. The van der Waals surface area contributed by atoms with E-state index in [4.69, 9.17) is 0 Å². The fourth-order valence-corrected chi connectivity index (χ4v) is 2.94. The van der Waals surface area contributed by atoms with Gasteiger partial charge in [0.1, 0.15) is 12.1 Å². The van der Waals surface area contributed by atoms with E-state index in [1.54, 1.807) is 6.08 Å². The predicted molar refractivity (Wildman–Crippen MR) is 59.3 cm³/mol. The maximum Gasteiger partial charge on any atom is 0.243 e. The van der Waals surface area contributed by atoms with Crippen molar-refractivity contribution in [3.8, 4) is 0 Å². The second-order valence-electron chi connectivity index (χ2n) is 3.65. The summed E-state index contributed by atoms with van der Waals surface area (Å²) in [7, 11) is -3.64. The van der Waals surface area contributed by atoms with Crippen LogP contribution in [0, 0.1) is 5.82 Å². The third-order valence-corrected chi connectivity index (χ3v) is 4.34. The smallest absolute Gasteiger partial charge is 0.243 e. The van der Waals surface area contributed by atoms with Crippen molar-refractivity contribution in [1.82, 2.24) is 4.31 Å². The van der Waals surface area contributed by atoms with E-state index in [9.17, 15) is 17.6 Å². The van der Waals surface area contributed by atoms with E-state index in [0.29, 0.717) is 11.9 Å². The molecule has 1 heterocycles. The van der Waals surface area contributed by atoms with Gasteiger partial charge in [-0.05, 0) is 24.3 Å². The van der Waals surface area contributed by atoms with Gasteiger partial charge in [0.2, 0.25) is 10.0 Å². The quantitative estimate of drug-likeness (QED) is 0.756. The minimum absolute atomic E-state index is 0.0273. The first-order chi connectivity index (χ1) is 8.04. The summed E-state index contributed by atoms with van der Waals surface area (Å²) in [5.74, 6) is -0.489. The summed E-state index contributed by atoms with van der Waals surface area (Å²) in [5, 5.41) is 0. The number of hydrogen-bond donors (Lipinski definition) is 0. The average molecular weight is 255 g/mol. The molecule has 0 saturated carbocycles. The number of hydrogen-bond acceptors (Lipinski definition) is 3. The molecule has 2 rings (SSSR count).